The largest absolute Gasteiger partial charge is 0.398 e. The number of nitrogens with zero attached hydrogens (tertiary/aromatic N) is 2. The molecule has 2 rings (SSSR count). The minimum absolute atomic E-state index is 0.294. The molecule has 0 aliphatic carbocycles. The van der Waals surface area contributed by atoms with Crippen LogP contribution in [0.3, 0.4) is 0 Å². The molecule has 2 aromatic rings. The van der Waals surface area contributed by atoms with Crippen LogP contribution in [0.2, 0.25) is 0 Å². The molecule has 0 spiro atoms. The van der Waals surface area contributed by atoms with Gasteiger partial charge in [-0.2, -0.15) is 10.5 Å². The predicted molar refractivity (Wildman–Crippen MR) is 79.2 cm³/mol. The van der Waals surface area contributed by atoms with E-state index in [2.05, 4.69) is 17.5 Å². The number of nitriles is 2. The normalized spacial score (nSPS) is 9.50. The zero-order valence-electron chi connectivity index (χ0n) is 10.9. The van der Waals surface area contributed by atoms with Gasteiger partial charge >= 0.3 is 0 Å². The number of nitrogens with one attached hydrogen (secondary N) is 1. The van der Waals surface area contributed by atoms with E-state index in [-0.39, 0.29) is 0 Å². The fraction of sp³-hybridized carbons (Fsp3) is 0.125. The Kier molecular flexibility index (Phi) is 4.21. The zero-order chi connectivity index (χ0) is 14.4. The van der Waals surface area contributed by atoms with Gasteiger partial charge in [0, 0.05) is 17.1 Å². The Morgan fingerprint density at radius 3 is 2.20 bits per heavy atom. The maximum absolute atomic E-state index is 8.75. The lowest BCUT2D eigenvalue weighted by Gasteiger charge is -2.09. The van der Waals surface area contributed by atoms with Crippen LogP contribution in [0.25, 0.3) is 0 Å². The summed E-state index contributed by atoms with van der Waals surface area (Å²) < 4.78 is 0. The SMILES string of the molecule is N#CCc1ccc(Nc2ccc(N)c(CC#N)c2)cc1. The topological polar surface area (TPSA) is 85.6 Å². The molecule has 0 aliphatic heterocycles. The lowest BCUT2D eigenvalue weighted by Crippen LogP contribution is -1.96. The van der Waals surface area contributed by atoms with Crippen LogP contribution in [0.5, 0.6) is 0 Å². The molecule has 4 heteroatoms. The molecular formula is C16H14N4. The van der Waals surface area contributed by atoms with E-state index >= 15 is 0 Å². The van der Waals surface area contributed by atoms with Gasteiger partial charge in [-0.3, -0.25) is 0 Å². The first-order chi connectivity index (χ1) is 9.72. The maximum atomic E-state index is 8.75. The van der Waals surface area contributed by atoms with Gasteiger partial charge in [0.25, 0.3) is 0 Å². The van der Waals surface area contributed by atoms with Crippen LogP contribution in [0.1, 0.15) is 11.1 Å². The molecule has 0 unspecified atom stereocenters. The summed E-state index contributed by atoms with van der Waals surface area (Å²) in [5.74, 6) is 0. The molecule has 4 nitrogen and oxygen atoms in total. The van der Waals surface area contributed by atoms with Gasteiger partial charge < -0.3 is 11.1 Å². The lowest BCUT2D eigenvalue weighted by atomic mass is 10.1. The third kappa shape index (κ3) is 3.28. The second-order valence-corrected chi connectivity index (χ2v) is 4.41. The van der Waals surface area contributed by atoms with E-state index in [1.807, 2.05) is 36.4 Å². The molecule has 20 heavy (non-hydrogen) atoms. The van der Waals surface area contributed by atoms with Crippen molar-refractivity contribution in [3.63, 3.8) is 0 Å². The van der Waals surface area contributed by atoms with Crippen LogP contribution in [-0.2, 0) is 12.8 Å². The number of nitrogens with two attached hydrogens (primary N) is 1. The van der Waals surface area contributed by atoms with Crippen molar-refractivity contribution in [2.24, 2.45) is 0 Å². The maximum Gasteiger partial charge on any atom is 0.0670 e. The van der Waals surface area contributed by atoms with Gasteiger partial charge in [-0.05, 0) is 41.5 Å². The summed E-state index contributed by atoms with van der Waals surface area (Å²) in [4.78, 5) is 0. The van der Waals surface area contributed by atoms with Crippen LogP contribution >= 0.6 is 0 Å². The Morgan fingerprint density at radius 2 is 1.55 bits per heavy atom. The van der Waals surface area contributed by atoms with Crippen LogP contribution in [0.15, 0.2) is 42.5 Å². The molecule has 0 saturated heterocycles. The van der Waals surface area contributed by atoms with E-state index in [4.69, 9.17) is 16.3 Å². The smallest absolute Gasteiger partial charge is 0.0670 e. The Labute approximate surface area is 118 Å². The summed E-state index contributed by atoms with van der Waals surface area (Å²) in [7, 11) is 0. The van der Waals surface area contributed by atoms with E-state index in [0.717, 1.165) is 22.5 Å². The highest BCUT2D eigenvalue weighted by Gasteiger charge is 2.01. The fourth-order valence-electron chi connectivity index (χ4n) is 1.89. The quantitative estimate of drug-likeness (QED) is 0.829. The van der Waals surface area contributed by atoms with Gasteiger partial charge in [0.1, 0.15) is 0 Å². The minimum atomic E-state index is 0.294. The van der Waals surface area contributed by atoms with Crippen molar-refractivity contribution in [3.8, 4) is 12.1 Å². The van der Waals surface area contributed by atoms with Gasteiger partial charge in [-0.25, -0.2) is 0 Å². The summed E-state index contributed by atoms with van der Waals surface area (Å²) >= 11 is 0. The number of benzene rings is 2. The van der Waals surface area contributed by atoms with E-state index in [1.165, 1.54) is 0 Å². The highest BCUT2D eigenvalue weighted by Crippen LogP contribution is 2.22. The van der Waals surface area contributed by atoms with E-state index in [9.17, 15) is 0 Å². The van der Waals surface area contributed by atoms with Crippen molar-refractivity contribution < 1.29 is 0 Å². The number of hydrogen-bond acceptors (Lipinski definition) is 4. The average Bonchev–Trinajstić information content (AvgIpc) is 2.45. The third-order valence-corrected chi connectivity index (χ3v) is 2.94. The molecular weight excluding hydrogens is 248 g/mol. The number of hydrogen-bond donors (Lipinski definition) is 2. The van der Waals surface area contributed by atoms with E-state index in [0.29, 0.717) is 18.5 Å². The van der Waals surface area contributed by atoms with Crippen LogP contribution < -0.4 is 11.1 Å². The predicted octanol–water partition coefficient (Wildman–Crippen LogP) is 3.14. The van der Waals surface area contributed by atoms with Gasteiger partial charge in [0.05, 0.1) is 25.0 Å². The van der Waals surface area contributed by atoms with Crippen LogP contribution in [0, 0.1) is 22.7 Å². The summed E-state index contributed by atoms with van der Waals surface area (Å²) in [5, 5.41) is 20.6. The van der Waals surface area contributed by atoms with Crippen LogP contribution in [0.4, 0.5) is 17.1 Å². The second kappa shape index (κ2) is 6.26. The third-order valence-electron chi connectivity index (χ3n) is 2.94. The first kappa shape index (κ1) is 13.5. The summed E-state index contributed by atoms with van der Waals surface area (Å²) in [5.41, 5.74) is 10.1. The molecule has 0 amide bonds. The fourth-order valence-corrected chi connectivity index (χ4v) is 1.89. The molecule has 0 aliphatic rings. The van der Waals surface area contributed by atoms with Gasteiger partial charge in [0.2, 0.25) is 0 Å². The number of anilines is 3. The van der Waals surface area contributed by atoms with Gasteiger partial charge in [-0.1, -0.05) is 12.1 Å². The Bertz CT molecular complexity index is 675. The van der Waals surface area contributed by atoms with Crippen molar-refractivity contribution >= 4 is 17.1 Å². The number of rotatable bonds is 4. The molecule has 0 radical (unpaired) electrons. The van der Waals surface area contributed by atoms with Crippen molar-refractivity contribution in [1.29, 1.82) is 10.5 Å². The first-order valence-corrected chi connectivity index (χ1v) is 6.21. The lowest BCUT2D eigenvalue weighted by molar-refractivity contribution is 1.26. The van der Waals surface area contributed by atoms with E-state index < -0.39 is 0 Å². The standard InChI is InChI=1S/C16H14N4/c17-9-7-12-1-3-14(4-2-12)20-15-5-6-16(19)13(11-15)8-10-18/h1-6,11,20H,7-8,19H2. The van der Waals surface area contributed by atoms with Crippen molar-refractivity contribution in [2.75, 3.05) is 11.1 Å². The first-order valence-electron chi connectivity index (χ1n) is 6.21. The van der Waals surface area contributed by atoms with Crippen LogP contribution in [-0.4, -0.2) is 0 Å². The zero-order valence-corrected chi connectivity index (χ0v) is 10.9. The van der Waals surface area contributed by atoms with Gasteiger partial charge in [0.15, 0.2) is 0 Å². The minimum Gasteiger partial charge on any atom is -0.398 e. The molecule has 0 bridgehead atoms. The molecule has 0 saturated carbocycles. The van der Waals surface area contributed by atoms with Crippen molar-refractivity contribution in [1.82, 2.24) is 0 Å². The highest BCUT2D eigenvalue weighted by molar-refractivity contribution is 5.64. The molecule has 0 heterocycles. The van der Waals surface area contributed by atoms with E-state index in [1.54, 1.807) is 6.07 Å². The Hall–Kier alpha value is -2.98. The highest BCUT2D eigenvalue weighted by atomic mass is 14.9. The van der Waals surface area contributed by atoms with Crippen molar-refractivity contribution in [2.45, 2.75) is 12.8 Å². The number of nitrogen functional groups attached to an aromatic ring is 1. The molecule has 0 atom stereocenters. The Morgan fingerprint density at radius 1 is 0.900 bits per heavy atom. The molecule has 0 aromatic heterocycles. The Balaban J connectivity index is 2.16. The summed E-state index contributed by atoms with van der Waals surface area (Å²) in [6.07, 6.45) is 0.705. The molecule has 98 valence electrons. The molecule has 0 fully saturated rings. The van der Waals surface area contributed by atoms with Crippen molar-refractivity contribution in [3.05, 3.63) is 53.6 Å². The summed E-state index contributed by atoms with van der Waals surface area (Å²) in [6, 6.07) is 17.4. The monoisotopic (exact) mass is 262 g/mol. The molecule has 2 aromatic carbocycles. The molecule has 3 N–H and O–H groups in total. The van der Waals surface area contributed by atoms with Gasteiger partial charge in [-0.15, -0.1) is 0 Å². The second-order valence-electron chi connectivity index (χ2n) is 4.41. The summed E-state index contributed by atoms with van der Waals surface area (Å²) in [6.45, 7) is 0. The average molecular weight is 262 g/mol.